The maximum Gasteiger partial charge on any atom is 0.343 e. The Morgan fingerprint density at radius 3 is 2.96 bits per heavy atom. The molecule has 0 radical (unpaired) electrons. The third-order valence-electron chi connectivity index (χ3n) is 5.53. The first-order valence-corrected chi connectivity index (χ1v) is 9.19. The lowest BCUT2D eigenvalue weighted by atomic mass is 9.86. The molecule has 0 aliphatic carbocycles. The molecule has 7 heteroatoms. The molecule has 6 nitrogen and oxygen atoms in total. The fourth-order valence-electron chi connectivity index (χ4n) is 3.99. The van der Waals surface area contributed by atoms with Gasteiger partial charge in [-0.15, -0.1) is 0 Å². The number of cyclic esters (lactones) is 1. The first-order valence-electron chi connectivity index (χ1n) is 8.78. The molecule has 0 saturated heterocycles. The molecule has 0 amide bonds. The van der Waals surface area contributed by atoms with E-state index < -0.39 is 11.6 Å². The van der Waals surface area contributed by atoms with Gasteiger partial charge in [0, 0.05) is 27.8 Å². The van der Waals surface area contributed by atoms with Crippen molar-refractivity contribution in [2.45, 2.75) is 32.1 Å². The molecule has 4 heterocycles. The monoisotopic (exact) mass is 379 g/mol. The van der Waals surface area contributed by atoms with E-state index in [1.165, 1.54) is 0 Å². The van der Waals surface area contributed by atoms with Crippen molar-refractivity contribution in [1.29, 1.82) is 0 Å². The topological polar surface area (TPSA) is 90.4 Å². The van der Waals surface area contributed by atoms with Crippen LogP contribution in [0.5, 0.6) is 0 Å². The number of esters is 1. The van der Waals surface area contributed by atoms with E-state index in [0.29, 0.717) is 28.0 Å². The van der Waals surface area contributed by atoms with Gasteiger partial charge < -0.3 is 20.1 Å². The molecule has 3 aromatic rings. The quantitative estimate of drug-likeness (QED) is 0.300. The third kappa shape index (κ3) is 2.12. The Morgan fingerprint density at radius 1 is 1.37 bits per heavy atom. The lowest BCUT2D eigenvalue weighted by Crippen LogP contribution is -2.41. The molecule has 0 fully saturated rings. The zero-order valence-corrected chi connectivity index (χ0v) is 15.5. The Morgan fingerprint density at radius 2 is 2.19 bits per heavy atom. The number of hydrogen-bond acceptors (Lipinski definition) is 6. The molecule has 2 aromatic heterocycles. The van der Waals surface area contributed by atoms with Crippen LogP contribution < -0.4 is 5.73 Å². The number of fused-ring (bicyclic) bond motifs is 5. The Bertz CT molecular complexity index is 1220. The molecule has 0 saturated carbocycles. The van der Waals surface area contributed by atoms with Crippen LogP contribution in [0.2, 0.25) is 0 Å². The molecule has 2 aliphatic rings. The van der Waals surface area contributed by atoms with Crippen molar-refractivity contribution in [1.82, 2.24) is 9.55 Å². The van der Waals surface area contributed by atoms with Crippen molar-refractivity contribution in [3.8, 4) is 11.4 Å². The number of rotatable bonds is 1. The van der Waals surface area contributed by atoms with Crippen LogP contribution in [0.15, 0.2) is 30.3 Å². The highest BCUT2D eigenvalue weighted by atomic mass is 32.1. The highest BCUT2D eigenvalue weighted by Gasteiger charge is 2.44. The zero-order chi connectivity index (χ0) is 18.9. The van der Waals surface area contributed by atoms with Crippen molar-refractivity contribution < 1.29 is 14.6 Å². The average Bonchev–Trinajstić information content (AvgIpc) is 3.01. The number of benzene rings is 1. The van der Waals surface area contributed by atoms with E-state index in [1.54, 1.807) is 6.92 Å². The van der Waals surface area contributed by atoms with Gasteiger partial charge in [0.25, 0.3) is 0 Å². The van der Waals surface area contributed by atoms with Crippen LogP contribution in [-0.2, 0) is 28.3 Å². The van der Waals surface area contributed by atoms with E-state index in [1.807, 2.05) is 28.8 Å². The summed E-state index contributed by atoms with van der Waals surface area (Å²) in [7, 11) is 0. The molecule has 0 unspecified atom stereocenters. The fourth-order valence-corrected chi connectivity index (χ4v) is 4.33. The van der Waals surface area contributed by atoms with Crippen LogP contribution >= 0.6 is 12.2 Å². The molecular weight excluding hydrogens is 362 g/mol. The second-order valence-electron chi connectivity index (χ2n) is 7.05. The van der Waals surface area contributed by atoms with Gasteiger partial charge in [-0.3, -0.25) is 0 Å². The van der Waals surface area contributed by atoms with Crippen molar-refractivity contribution in [2.24, 2.45) is 0 Å². The normalized spacial score (nSPS) is 20.1. The zero-order valence-electron chi connectivity index (χ0n) is 14.7. The molecule has 0 bridgehead atoms. The second kappa shape index (κ2) is 5.37. The number of nitrogen functional groups attached to an aromatic ring is 1. The molecule has 1 atom stereocenters. The van der Waals surface area contributed by atoms with Crippen LogP contribution in [0.25, 0.3) is 22.3 Å². The van der Waals surface area contributed by atoms with Crippen LogP contribution in [0.1, 0.15) is 30.0 Å². The number of carbonyl (C=O) groups excluding carboxylic acids is 1. The SMILES string of the molecule is CC[C@@]1(O)C(=O)OCc2c1cc1n(c2=S)Cc2cc3ccc(N)cc3nc2-1. The summed E-state index contributed by atoms with van der Waals surface area (Å²) in [5.74, 6) is -0.630. The fraction of sp³-hybridized carbons (Fsp3) is 0.250. The van der Waals surface area contributed by atoms with E-state index in [2.05, 4.69) is 6.07 Å². The van der Waals surface area contributed by atoms with Gasteiger partial charge in [-0.2, -0.15) is 0 Å². The smallest absolute Gasteiger partial charge is 0.343 e. The van der Waals surface area contributed by atoms with E-state index in [9.17, 15) is 9.90 Å². The van der Waals surface area contributed by atoms with E-state index in [4.69, 9.17) is 27.7 Å². The number of nitrogens with two attached hydrogens (primary N) is 1. The van der Waals surface area contributed by atoms with Crippen LogP contribution in [0, 0.1) is 4.64 Å². The summed E-state index contributed by atoms with van der Waals surface area (Å²) in [6.45, 7) is 2.43. The minimum Gasteiger partial charge on any atom is -0.458 e. The first-order chi connectivity index (χ1) is 12.9. The number of aromatic nitrogens is 2. The minimum absolute atomic E-state index is 0.0812. The Kier molecular flexibility index (Phi) is 3.26. The van der Waals surface area contributed by atoms with Gasteiger partial charge in [-0.25, -0.2) is 9.78 Å². The van der Waals surface area contributed by atoms with Gasteiger partial charge in [0.1, 0.15) is 11.2 Å². The summed E-state index contributed by atoms with van der Waals surface area (Å²) in [4.78, 5) is 17.0. The van der Waals surface area contributed by atoms with Gasteiger partial charge >= 0.3 is 5.97 Å². The lowest BCUT2D eigenvalue weighted by molar-refractivity contribution is -0.172. The van der Waals surface area contributed by atoms with Gasteiger partial charge in [0.15, 0.2) is 5.60 Å². The van der Waals surface area contributed by atoms with Crippen LogP contribution in [0.4, 0.5) is 5.69 Å². The Labute approximate surface area is 160 Å². The van der Waals surface area contributed by atoms with Gasteiger partial charge in [0.2, 0.25) is 0 Å². The second-order valence-corrected chi connectivity index (χ2v) is 7.44. The number of nitrogens with zero attached hydrogens (tertiary/aromatic N) is 2. The number of carbonyl (C=O) groups is 1. The summed E-state index contributed by atoms with van der Waals surface area (Å²) in [5, 5.41) is 12.0. The Balaban J connectivity index is 1.80. The molecule has 0 spiro atoms. The van der Waals surface area contributed by atoms with Crippen LogP contribution in [0.3, 0.4) is 0 Å². The summed E-state index contributed by atoms with van der Waals surface area (Å²) in [6.07, 6.45) is 0.214. The summed E-state index contributed by atoms with van der Waals surface area (Å²) >= 11 is 5.68. The largest absolute Gasteiger partial charge is 0.458 e. The van der Waals surface area contributed by atoms with Crippen molar-refractivity contribution in [2.75, 3.05) is 5.73 Å². The number of aliphatic hydroxyl groups is 1. The summed E-state index contributed by atoms with van der Waals surface area (Å²) in [6, 6.07) is 9.57. The molecule has 3 N–H and O–H groups in total. The average molecular weight is 379 g/mol. The predicted octanol–water partition coefficient (Wildman–Crippen LogP) is 3.03. The first kappa shape index (κ1) is 16.4. The van der Waals surface area contributed by atoms with Gasteiger partial charge in [-0.1, -0.05) is 25.2 Å². The molecule has 1 aromatic carbocycles. The molecule has 5 rings (SSSR count). The summed E-state index contributed by atoms with van der Waals surface area (Å²) < 4.78 is 7.77. The maximum atomic E-state index is 12.2. The van der Waals surface area contributed by atoms with E-state index in [-0.39, 0.29) is 13.0 Å². The standard InChI is InChI=1S/C20H17N3O3S/c1-2-20(25)14-7-16-17-11(5-10-3-4-12(21)6-15(10)22-17)8-23(16)18(27)13(14)9-26-19(20)24/h3-7,25H,2,8-9,21H2,1H3/t20-/m0/s1. The lowest BCUT2D eigenvalue weighted by Gasteiger charge is -2.32. The van der Waals surface area contributed by atoms with Crippen molar-refractivity contribution in [3.05, 3.63) is 51.7 Å². The maximum absolute atomic E-state index is 12.2. The number of ether oxygens (including phenoxy) is 1. The molecule has 136 valence electrons. The van der Waals surface area contributed by atoms with E-state index in [0.717, 1.165) is 27.9 Å². The molecule has 2 aliphatic heterocycles. The molecular formula is C20H17N3O3S. The number of anilines is 1. The van der Waals surface area contributed by atoms with Gasteiger partial charge in [0.05, 0.1) is 23.4 Å². The minimum atomic E-state index is -1.68. The van der Waals surface area contributed by atoms with Crippen LogP contribution in [-0.4, -0.2) is 20.6 Å². The predicted molar refractivity (Wildman–Crippen MR) is 104 cm³/mol. The van der Waals surface area contributed by atoms with Crippen molar-refractivity contribution in [3.63, 3.8) is 0 Å². The van der Waals surface area contributed by atoms with Crippen molar-refractivity contribution >= 4 is 34.8 Å². The number of hydrogen-bond donors (Lipinski definition) is 2. The highest BCUT2D eigenvalue weighted by molar-refractivity contribution is 7.71. The molecule has 27 heavy (non-hydrogen) atoms. The highest BCUT2D eigenvalue weighted by Crippen LogP contribution is 2.41. The van der Waals surface area contributed by atoms with Gasteiger partial charge in [-0.05, 0) is 30.7 Å². The number of pyridine rings is 2. The van der Waals surface area contributed by atoms with E-state index >= 15 is 0 Å². The summed E-state index contributed by atoms with van der Waals surface area (Å²) in [5.41, 5.74) is 9.56. The third-order valence-corrected chi connectivity index (χ3v) is 6.00. The Hall–Kier alpha value is -2.77.